The van der Waals surface area contributed by atoms with Crippen molar-refractivity contribution in [2.75, 3.05) is 6.61 Å². The highest BCUT2D eigenvalue weighted by Crippen LogP contribution is 2.25. The lowest BCUT2D eigenvalue weighted by Crippen LogP contribution is -2.52. The number of carbonyl (C=O) groups excluding carboxylic acids is 1. The summed E-state index contributed by atoms with van der Waals surface area (Å²) in [5, 5.41) is 22.4. The Bertz CT molecular complexity index is 264. The van der Waals surface area contributed by atoms with Gasteiger partial charge in [-0.3, -0.25) is 0 Å². The molecule has 1 rings (SSSR count). The molecule has 16 heavy (non-hydrogen) atoms. The van der Waals surface area contributed by atoms with E-state index in [-0.39, 0.29) is 19.1 Å². The third-order valence-corrected chi connectivity index (χ3v) is 2.73. The van der Waals surface area contributed by atoms with Crippen molar-refractivity contribution in [2.45, 2.75) is 38.3 Å². The van der Waals surface area contributed by atoms with Crippen LogP contribution in [0, 0.1) is 5.92 Å². The third kappa shape index (κ3) is 3.69. The lowest BCUT2D eigenvalue weighted by molar-refractivity contribution is -0.139. The molecule has 0 aliphatic heterocycles. The van der Waals surface area contributed by atoms with Crippen LogP contribution in [0.25, 0.3) is 0 Å². The number of aliphatic hydroxyl groups is 1. The summed E-state index contributed by atoms with van der Waals surface area (Å²) in [6, 6.07) is -1.35. The van der Waals surface area contributed by atoms with E-state index in [0.717, 1.165) is 12.8 Å². The maximum atomic E-state index is 11.4. The van der Waals surface area contributed by atoms with E-state index in [0.29, 0.717) is 5.92 Å². The minimum atomic E-state index is -1.13. The highest BCUT2D eigenvalue weighted by atomic mass is 16.4. The van der Waals surface area contributed by atoms with Gasteiger partial charge in [-0.1, -0.05) is 6.92 Å². The molecular formula is C10H18N2O4. The molecule has 6 nitrogen and oxygen atoms in total. The van der Waals surface area contributed by atoms with Gasteiger partial charge in [0.05, 0.1) is 0 Å². The molecule has 92 valence electrons. The SMILES string of the molecule is CC1CC(NC(=O)NC(CCO)C(=O)O)C1. The second kappa shape index (κ2) is 5.69. The number of rotatable bonds is 5. The molecule has 1 atom stereocenters. The summed E-state index contributed by atoms with van der Waals surface area (Å²) >= 11 is 0. The van der Waals surface area contributed by atoms with Crippen molar-refractivity contribution in [2.24, 2.45) is 5.92 Å². The molecule has 1 unspecified atom stereocenters. The zero-order chi connectivity index (χ0) is 12.1. The Morgan fingerprint density at radius 2 is 2.06 bits per heavy atom. The number of carboxylic acid groups (broad SMARTS) is 1. The van der Waals surface area contributed by atoms with Gasteiger partial charge in [0.2, 0.25) is 0 Å². The Labute approximate surface area is 94.0 Å². The van der Waals surface area contributed by atoms with Crippen molar-refractivity contribution in [3.8, 4) is 0 Å². The van der Waals surface area contributed by atoms with Crippen LogP contribution in [0.5, 0.6) is 0 Å². The zero-order valence-electron chi connectivity index (χ0n) is 9.27. The normalized spacial score (nSPS) is 25.4. The van der Waals surface area contributed by atoms with Gasteiger partial charge in [-0.2, -0.15) is 0 Å². The van der Waals surface area contributed by atoms with E-state index < -0.39 is 18.0 Å². The number of hydrogen-bond acceptors (Lipinski definition) is 3. The van der Waals surface area contributed by atoms with Crippen molar-refractivity contribution in [3.63, 3.8) is 0 Å². The minimum Gasteiger partial charge on any atom is -0.480 e. The van der Waals surface area contributed by atoms with Gasteiger partial charge < -0.3 is 20.8 Å². The molecule has 6 heteroatoms. The van der Waals surface area contributed by atoms with Gasteiger partial charge in [0.25, 0.3) is 0 Å². The minimum absolute atomic E-state index is 0.0177. The lowest BCUT2D eigenvalue weighted by atomic mass is 9.82. The quantitative estimate of drug-likeness (QED) is 0.531. The lowest BCUT2D eigenvalue weighted by Gasteiger charge is -2.33. The first-order valence-electron chi connectivity index (χ1n) is 5.43. The number of amides is 2. The molecule has 1 saturated carbocycles. The van der Waals surface area contributed by atoms with Crippen molar-refractivity contribution in [3.05, 3.63) is 0 Å². The van der Waals surface area contributed by atoms with Crippen LogP contribution in [0.3, 0.4) is 0 Å². The van der Waals surface area contributed by atoms with Crippen molar-refractivity contribution in [1.29, 1.82) is 0 Å². The molecule has 0 aromatic carbocycles. The van der Waals surface area contributed by atoms with Gasteiger partial charge in [-0.05, 0) is 18.8 Å². The monoisotopic (exact) mass is 230 g/mol. The van der Waals surface area contributed by atoms with E-state index in [2.05, 4.69) is 17.6 Å². The van der Waals surface area contributed by atoms with Gasteiger partial charge >= 0.3 is 12.0 Å². The molecular weight excluding hydrogens is 212 g/mol. The van der Waals surface area contributed by atoms with Crippen LogP contribution in [0.15, 0.2) is 0 Å². The largest absolute Gasteiger partial charge is 0.480 e. The topological polar surface area (TPSA) is 98.7 Å². The van der Waals surface area contributed by atoms with Crippen LogP contribution in [-0.2, 0) is 4.79 Å². The average molecular weight is 230 g/mol. The average Bonchev–Trinajstić information content (AvgIpc) is 2.14. The van der Waals surface area contributed by atoms with Crippen molar-refractivity contribution in [1.82, 2.24) is 10.6 Å². The first-order valence-corrected chi connectivity index (χ1v) is 5.43. The number of carboxylic acids is 1. The number of aliphatic carboxylic acids is 1. The number of hydrogen-bond donors (Lipinski definition) is 4. The summed E-state index contributed by atoms with van der Waals surface area (Å²) in [5.74, 6) is -0.510. The van der Waals surface area contributed by atoms with Gasteiger partial charge in [0.15, 0.2) is 0 Å². The van der Waals surface area contributed by atoms with Crippen LogP contribution < -0.4 is 10.6 Å². The Hall–Kier alpha value is -1.30. The number of carbonyl (C=O) groups is 2. The second-order valence-electron chi connectivity index (χ2n) is 4.29. The molecule has 0 aromatic rings. The Kier molecular flexibility index (Phi) is 4.54. The maximum absolute atomic E-state index is 11.4. The fraction of sp³-hybridized carbons (Fsp3) is 0.800. The molecule has 0 saturated heterocycles. The second-order valence-corrected chi connectivity index (χ2v) is 4.29. The highest BCUT2D eigenvalue weighted by Gasteiger charge is 2.28. The fourth-order valence-electron chi connectivity index (χ4n) is 1.79. The maximum Gasteiger partial charge on any atom is 0.326 e. The predicted octanol–water partition coefficient (Wildman–Crippen LogP) is -0.0803. The van der Waals surface area contributed by atoms with Gasteiger partial charge in [-0.25, -0.2) is 9.59 Å². The number of urea groups is 1. The smallest absolute Gasteiger partial charge is 0.326 e. The van der Waals surface area contributed by atoms with Gasteiger partial charge in [0, 0.05) is 19.1 Å². The molecule has 1 aliphatic rings. The van der Waals surface area contributed by atoms with Crippen LogP contribution in [0.4, 0.5) is 4.79 Å². The molecule has 1 fully saturated rings. The van der Waals surface area contributed by atoms with E-state index in [1.165, 1.54) is 0 Å². The molecule has 0 radical (unpaired) electrons. The summed E-state index contributed by atoms with van der Waals surface area (Å²) in [7, 11) is 0. The van der Waals surface area contributed by atoms with Gasteiger partial charge in [-0.15, -0.1) is 0 Å². The van der Waals surface area contributed by atoms with E-state index in [4.69, 9.17) is 10.2 Å². The summed E-state index contributed by atoms with van der Waals surface area (Å²) in [6.45, 7) is 1.83. The summed E-state index contributed by atoms with van der Waals surface area (Å²) in [5.41, 5.74) is 0. The van der Waals surface area contributed by atoms with E-state index >= 15 is 0 Å². The Morgan fingerprint density at radius 3 is 2.50 bits per heavy atom. The highest BCUT2D eigenvalue weighted by molar-refractivity contribution is 5.82. The Balaban J connectivity index is 2.28. The fourth-order valence-corrected chi connectivity index (χ4v) is 1.79. The van der Waals surface area contributed by atoms with Crippen molar-refractivity contribution >= 4 is 12.0 Å². The first kappa shape index (κ1) is 12.8. The third-order valence-electron chi connectivity index (χ3n) is 2.73. The van der Waals surface area contributed by atoms with Crippen molar-refractivity contribution < 1.29 is 19.8 Å². The zero-order valence-corrected chi connectivity index (χ0v) is 9.27. The van der Waals surface area contributed by atoms with E-state index in [1.54, 1.807) is 0 Å². The molecule has 1 aliphatic carbocycles. The van der Waals surface area contributed by atoms with Crippen LogP contribution in [0.1, 0.15) is 26.2 Å². The molecule has 2 amide bonds. The number of aliphatic hydroxyl groups excluding tert-OH is 1. The van der Waals surface area contributed by atoms with E-state index in [9.17, 15) is 9.59 Å². The standard InChI is InChI=1S/C10H18N2O4/c1-6-4-7(5-6)11-10(16)12-8(2-3-13)9(14)15/h6-8,13H,2-5H2,1H3,(H,14,15)(H2,11,12,16). The molecule has 0 bridgehead atoms. The molecule has 0 heterocycles. The number of nitrogens with one attached hydrogen (secondary N) is 2. The summed E-state index contributed by atoms with van der Waals surface area (Å²) in [4.78, 5) is 22.1. The Morgan fingerprint density at radius 1 is 1.44 bits per heavy atom. The van der Waals surface area contributed by atoms with Crippen LogP contribution in [0.2, 0.25) is 0 Å². The first-order chi connectivity index (χ1) is 7.52. The molecule has 4 N–H and O–H groups in total. The van der Waals surface area contributed by atoms with Crippen LogP contribution >= 0.6 is 0 Å². The predicted molar refractivity (Wildman–Crippen MR) is 57.0 cm³/mol. The van der Waals surface area contributed by atoms with Gasteiger partial charge in [0.1, 0.15) is 6.04 Å². The molecule has 0 aromatic heterocycles. The molecule has 0 spiro atoms. The van der Waals surface area contributed by atoms with Crippen LogP contribution in [-0.4, -0.2) is 40.9 Å². The summed E-state index contributed by atoms with van der Waals surface area (Å²) < 4.78 is 0. The van der Waals surface area contributed by atoms with E-state index in [1.807, 2.05) is 0 Å². The summed E-state index contributed by atoms with van der Waals surface area (Å²) in [6.07, 6.45) is 1.89.